The van der Waals surface area contributed by atoms with Gasteiger partial charge in [0.05, 0.1) is 0 Å². The Hall–Kier alpha value is -3.58. The maximum Gasteiger partial charge on any atom is 0.0461 e. The topological polar surface area (TPSA) is 3.24 Å². The van der Waals surface area contributed by atoms with Crippen LogP contribution >= 0.6 is 0 Å². The minimum atomic E-state index is 0.846. The van der Waals surface area contributed by atoms with Gasteiger partial charge in [-0.1, -0.05) is 86.0 Å². The summed E-state index contributed by atoms with van der Waals surface area (Å²) in [5.74, 6) is 0. The van der Waals surface area contributed by atoms with Gasteiger partial charge in [-0.05, 0) is 52.2 Å². The second kappa shape index (κ2) is 7.35. The molecule has 1 nitrogen and oxygen atoms in total. The van der Waals surface area contributed by atoms with E-state index in [0.29, 0.717) is 0 Å². The summed E-state index contributed by atoms with van der Waals surface area (Å²) in [4.78, 5) is 2.11. The molecule has 0 saturated heterocycles. The van der Waals surface area contributed by atoms with Gasteiger partial charge >= 0.3 is 0 Å². The number of rotatable bonds is 5. The Morgan fingerprint density at radius 1 is 0.667 bits per heavy atom. The molecule has 0 heterocycles. The molecule has 1 heteroatoms. The third-order valence-corrected chi connectivity index (χ3v) is 4.76. The highest BCUT2D eigenvalue weighted by atomic mass is 15.1. The number of fused-ring (bicyclic) bond motifs is 1. The first kappa shape index (κ1) is 16.9. The molecule has 0 spiro atoms. The molecule has 4 aromatic rings. The van der Waals surface area contributed by atoms with E-state index in [1.165, 1.54) is 21.9 Å². The van der Waals surface area contributed by atoms with Crippen LogP contribution in [0, 0.1) is 0 Å². The average molecular weight is 347 g/mol. The van der Waals surface area contributed by atoms with Crippen molar-refractivity contribution < 1.29 is 0 Å². The van der Waals surface area contributed by atoms with Crippen LogP contribution in [0.25, 0.3) is 21.9 Å². The van der Waals surface area contributed by atoms with E-state index in [4.69, 9.17) is 0 Å². The second-order valence-electron chi connectivity index (χ2n) is 6.44. The van der Waals surface area contributed by atoms with Gasteiger partial charge in [-0.15, -0.1) is 0 Å². The molecule has 0 aromatic heterocycles. The van der Waals surface area contributed by atoms with Gasteiger partial charge in [0, 0.05) is 17.1 Å². The number of benzene rings is 4. The van der Waals surface area contributed by atoms with Gasteiger partial charge in [-0.3, -0.25) is 0 Å². The van der Waals surface area contributed by atoms with Crippen LogP contribution in [0.2, 0.25) is 0 Å². The van der Waals surface area contributed by atoms with Crippen LogP contribution in [0.4, 0.5) is 11.4 Å². The maximum atomic E-state index is 4.16. The van der Waals surface area contributed by atoms with Crippen LogP contribution in [0.3, 0.4) is 0 Å². The SMILES string of the molecule is C=CC(=C)N(c1ccccc1)c1ccc(-c2cccc3ccccc23)cc1. The first-order valence-corrected chi connectivity index (χ1v) is 9.02. The number of hydrogen-bond donors (Lipinski definition) is 0. The van der Waals surface area contributed by atoms with E-state index in [1.807, 2.05) is 18.2 Å². The maximum absolute atomic E-state index is 4.16. The molecule has 0 atom stereocenters. The quantitative estimate of drug-likeness (QED) is 0.341. The zero-order chi connectivity index (χ0) is 18.6. The lowest BCUT2D eigenvalue weighted by molar-refractivity contribution is 1.22. The van der Waals surface area contributed by atoms with Gasteiger partial charge in [0.1, 0.15) is 0 Å². The lowest BCUT2D eigenvalue weighted by Gasteiger charge is -2.25. The highest BCUT2D eigenvalue weighted by molar-refractivity contribution is 5.96. The summed E-state index contributed by atoms with van der Waals surface area (Å²) in [6, 6.07) is 33.8. The standard InChI is InChI=1S/C26H21N/c1-3-20(2)27(23-12-5-4-6-13-23)24-18-16-22(17-19-24)26-15-9-11-21-10-7-8-14-25(21)26/h3-19H,1-2H2. The van der Waals surface area contributed by atoms with Crippen LogP contribution in [0.15, 0.2) is 122 Å². The molecule has 0 saturated carbocycles. The summed E-state index contributed by atoms with van der Waals surface area (Å²) in [6.07, 6.45) is 1.78. The zero-order valence-corrected chi connectivity index (χ0v) is 15.2. The van der Waals surface area contributed by atoms with Crippen molar-refractivity contribution in [2.75, 3.05) is 4.90 Å². The fourth-order valence-electron chi connectivity index (χ4n) is 3.42. The molecule has 0 radical (unpaired) electrons. The van der Waals surface area contributed by atoms with Crippen molar-refractivity contribution in [2.24, 2.45) is 0 Å². The average Bonchev–Trinajstić information content (AvgIpc) is 2.75. The van der Waals surface area contributed by atoms with Crippen molar-refractivity contribution in [3.8, 4) is 11.1 Å². The summed E-state index contributed by atoms with van der Waals surface area (Å²) in [5, 5.41) is 2.52. The summed E-state index contributed by atoms with van der Waals surface area (Å²) >= 11 is 0. The van der Waals surface area contributed by atoms with Gasteiger partial charge < -0.3 is 4.90 Å². The van der Waals surface area contributed by atoms with Crippen LogP contribution in [-0.2, 0) is 0 Å². The van der Waals surface area contributed by atoms with Crippen LogP contribution in [-0.4, -0.2) is 0 Å². The molecule has 0 aliphatic carbocycles. The minimum absolute atomic E-state index is 0.846. The molecule has 0 bridgehead atoms. The molecule has 0 aliphatic heterocycles. The highest BCUT2D eigenvalue weighted by Crippen LogP contribution is 2.33. The minimum Gasteiger partial charge on any atom is -0.311 e. The number of anilines is 2. The van der Waals surface area contributed by atoms with Crippen molar-refractivity contribution in [2.45, 2.75) is 0 Å². The molecule has 0 unspecified atom stereocenters. The number of para-hydroxylation sites is 1. The lowest BCUT2D eigenvalue weighted by atomic mass is 9.98. The molecule has 4 rings (SSSR count). The molecular weight excluding hydrogens is 326 g/mol. The lowest BCUT2D eigenvalue weighted by Crippen LogP contribution is -2.13. The first-order valence-electron chi connectivity index (χ1n) is 9.02. The van der Waals surface area contributed by atoms with Crippen molar-refractivity contribution in [3.05, 3.63) is 122 Å². The molecule has 0 amide bonds. The van der Waals surface area contributed by atoms with Gasteiger partial charge in [0.15, 0.2) is 0 Å². The van der Waals surface area contributed by atoms with Gasteiger partial charge in [0.2, 0.25) is 0 Å². The van der Waals surface area contributed by atoms with Gasteiger partial charge in [0.25, 0.3) is 0 Å². The predicted octanol–water partition coefficient (Wildman–Crippen LogP) is 7.34. The van der Waals surface area contributed by atoms with E-state index in [2.05, 4.69) is 96.9 Å². The van der Waals surface area contributed by atoms with Crippen molar-refractivity contribution >= 4 is 22.1 Å². The van der Waals surface area contributed by atoms with Crippen molar-refractivity contribution in [1.82, 2.24) is 0 Å². The number of allylic oxidation sites excluding steroid dienone is 1. The van der Waals surface area contributed by atoms with E-state index in [-0.39, 0.29) is 0 Å². The molecule has 130 valence electrons. The third kappa shape index (κ3) is 3.28. The van der Waals surface area contributed by atoms with E-state index >= 15 is 0 Å². The van der Waals surface area contributed by atoms with E-state index in [0.717, 1.165) is 17.1 Å². The first-order chi connectivity index (χ1) is 13.3. The van der Waals surface area contributed by atoms with Crippen molar-refractivity contribution in [1.29, 1.82) is 0 Å². The van der Waals surface area contributed by atoms with E-state index in [9.17, 15) is 0 Å². The largest absolute Gasteiger partial charge is 0.311 e. The monoisotopic (exact) mass is 347 g/mol. The van der Waals surface area contributed by atoms with Gasteiger partial charge in [-0.2, -0.15) is 0 Å². The van der Waals surface area contributed by atoms with E-state index in [1.54, 1.807) is 6.08 Å². The Morgan fingerprint density at radius 3 is 2.04 bits per heavy atom. The fourth-order valence-corrected chi connectivity index (χ4v) is 3.42. The Balaban J connectivity index is 1.76. The Bertz CT molecular complexity index is 1090. The Kier molecular flexibility index (Phi) is 4.59. The summed E-state index contributed by atoms with van der Waals surface area (Å²) < 4.78 is 0. The Labute approximate surface area is 160 Å². The van der Waals surface area contributed by atoms with E-state index < -0.39 is 0 Å². The number of nitrogens with zero attached hydrogens (tertiary/aromatic N) is 1. The zero-order valence-electron chi connectivity index (χ0n) is 15.2. The highest BCUT2D eigenvalue weighted by Gasteiger charge is 2.11. The normalized spacial score (nSPS) is 10.5. The van der Waals surface area contributed by atoms with Gasteiger partial charge in [-0.25, -0.2) is 0 Å². The summed E-state index contributed by atoms with van der Waals surface area (Å²) in [6.45, 7) is 8.05. The van der Waals surface area contributed by atoms with Crippen molar-refractivity contribution in [3.63, 3.8) is 0 Å². The van der Waals surface area contributed by atoms with Crippen LogP contribution in [0.5, 0.6) is 0 Å². The number of hydrogen-bond acceptors (Lipinski definition) is 1. The molecule has 27 heavy (non-hydrogen) atoms. The smallest absolute Gasteiger partial charge is 0.0461 e. The molecular formula is C26H21N. The molecule has 4 aromatic carbocycles. The van der Waals surface area contributed by atoms with Crippen LogP contribution < -0.4 is 4.90 Å². The van der Waals surface area contributed by atoms with Crippen LogP contribution in [0.1, 0.15) is 0 Å². The molecule has 0 aliphatic rings. The third-order valence-electron chi connectivity index (χ3n) is 4.76. The Morgan fingerprint density at radius 2 is 1.30 bits per heavy atom. The molecule has 0 N–H and O–H groups in total. The summed E-state index contributed by atoms with van der Waals surface area (Å²) in [7, 11) is 0. The fraction of sp³-hybridized carbons (Fsp3) is 0. The summed E-state index contributed by atoms with van der Waals surface area (Å²) in [5.41, 5.74) is 5.43. The second-order valence-corrected chi connectivity index (χ2v) is 6.44. The predicted molar refractivity (Wildman–Crippen MR) is 117 cm³/mol. The molecule has 0 fully saturated rings.